The lowest BCUT2D eigenvalue weighted by Crippen LogP contribution is -2.55. The van der Waals surface area contributed by atoms with E-state index in [9.17, 15) is 31.5 Å². The third kappa shape index (κ3) is 8.65. The van der Waals surface area contributed by atoms with E-state index in [0.717, 1.165) is 56.5 Å². The molecule has 0 bridgehead atoms. The molecule has 1 saturated carbocycles. The Hall–Kier alpha value is -4.14. The van der Waals surface area contributed by atoms with Crippen molar-refractivity contribution in [2.75, 3.05) is 45.7 Å². The number of carbonyl (C=O) groups is 3. The van der Waals surface area contributed by atoms with Crippen molar-refractivity contribution in [1.82, 2.24) is 15.1 Å². The van der Waals surface area contributed by atoms with Crippen LogP contribution in [-0.4, -0.2) is 91.5 Å². The molecule has 0 unspecified atom stereocenters. The quantitative estimate of drug-likeness (QED) is 0.327. The van der Waals surface area contributed by atoms with Gasteiger partial charge >= 0.3 is 18.2 Å². The van der Waals surface area contributed by atoms with E-state index in [-0.39, 0.29) is 29.1 Å². The number of anilines is 1. The van der Waals surface area contributed by atoms with E-state index >= 15 is 0 Å². The summed E-state index contributed by atoms with van der Waals surface area (Å²) in [5, 5.41) is 12.7. The Morgan fingerprint density at radius 3 is 2.21 bits per heavy atom. The van der Waals surface area contributed by atoms with Crippen molar-refractivity contribution in [2.24, 2.45) is 5.92 Å². The molecule has 10 nitrogen and oxygen atoms in total. The lowest BCUT2D eigenvalue weighted by molar-refractivity contribution is -0.192. The van der Waals surface area contributed by atoms with E-state index in [1.54, 1.807) is 14.2 Å². The number of piperidine rings is 1. The number of hydrogen-bond donors (Lipinski definition) is 3. The van der Waals surface area contributed by atoms with Crippen LogP contribution in [0.25, 0.3) is 0 Å². The zero-order chi connectivity index (χ0) is 35.2. The highest BCUT2D eigenvalue weighted by atomic mass is 19.4. The maximum Gasteiger partial charge on any atom is 0.490 e. The Kier molecular flexibility index (Phi) is 11.8. The van der Waals surface area contributed by atoms with Crippen molar-refractivity contribution >= 4 is 23.6 Å². The second kappa shape index (κ2) is 15.4. The van der Waals surface area contributed by atoms with Crippen molar-refractivity contribution in [2.45, 2.75) is 69.1 Å². The second-order valence-electron chi connectivity index (χ2n) is 12.5. The molecule has 15 heteroatoms. The molecule has 5 rings (SSSR count). The standard InChI is InChI=1S/C31H40F2N4O4.C2HF3O2/c1-20-9-13-36(14-10-20)19-29(38)37-15-12-31(21-4-7-26(40-2)27(16-21)41-3)11-8-23(18-28(31)37)35-30(39)34-22-5-6-24(32)25(33)17-22;3-2(4,5)1(6)7/h4-7,16-17,20,23,28H,8-15,18-19H2,1-3H3,(H2,34,35,39);(H,6,7)/t23-,28+,31+;/m1./s1. The molecular weight excluding hydrogens is 643 g/mol. The number of nitrogens with zero attached hydrogens (tertiary/aromatic N) is 2. The van der Waals surface area contributed by atoms with Gasteiger partial charge in [-0.2, -0.15) is 13.2 Å². The SMILES string of the molecule is COc1ccc([C@@]23CC[C@@H](NC(=O)Nc4ccc(F)c(F)c4)C[C@@H]2N(C(=O)CN2CCC(C)CC2)CC3)cc1OC.O=C(O)C(F)(F)F. The Labute approximate surface area is 275 Å². The van der Waals surface area contributed by atoms with Crippen LogP contribution in [0.3, 0.4) is 0 Å². The van der Waals surface area contributed by atoms with Gasteiger partial charge in [0.2, 0.25) is 5.91 Å². The number of carbonyl (C=O) groups excluding carboxylic acids is 2. The minimum atomic E-state index is -5.08. The summed E-state index contributed by atoms with van der Waals surface area (Å²) in [7, 11) is 3.23. The molecule has 3 atom stereocenters. The number of carboxylic acids is 1. The number of amides is 3. The first kappa shape index (κ1) is 36.7. The van der Waals surface area contributed by atoms with Crippen molar-refractivity contribution in [3.63, 3.8) is 0 Å². The van der Waals surface area contributed by atoms with Gasteiger partial charge in [-0.05, 0) is 87.4 Å². The van der Waals surface area contributed by atoms with Gasteiger partial charge in [-0.3, -0.25) is 9.69 Å². The molecule has 3 aliphatic rings. The molecule has 2 saturated heterocycles. The molecule has 3 fully saturated rings. The number of methoxy groups -OCH3 is 2. The van der Waals surface area contributed by atoms with E-state index in [1.165, 1.54) is 6.07 Å². The maximum absolute atomic E-state index is 13.8. The maximum atomic E-state index is 13.8. The van der Waals surface area contributed by atoms with Gasteiger partial charge in [-0.25, -0.2) is 18.4 Å². The number of rotatable bonds is 7. The van der Waals surface area contributed by atoms with Crippen LogP contribution >= 0.6 is 0 Å². The molecule has 0 aromatic heterocycles. The summed E-state index contributed by atoms with van der Waals surface area (Å²) in [5.41, 5.74) is 0.998. The van der Waals surface area contributed by atoms with Crippen LogP contribution in [-0.2, 0) is 15.0 Å². The van der Waals surface area contributed by atoms with E-state index in [1.807, 2.05) is 17.0 Å². The van der Waals surface area contributed by atoms with Crippen LogP contribution in [0.2, 0.25) is 0 Å². The van der Waals surface area contributed by atoms with Gasteiger partial charge in [-0.1, -0.05) is 13.0 Å². The monoisotopic (exact) mass is 684 g/mol. The predicted molar refractivity (Wildman–Crippen MR) is 166 cm³/mol. The summed E-state index contributed by atoms with van der Waals surface area (Å²) in [5.74, 6) is -2.64. The molecule has 48 heavy (non-hydrogen) atoms. The first-order chi connectivity index (χ1) is 22.7. The van der Waals surface area contributed by atoms with Gasteiger partial charge in [0.1, 0.15) is 0 Å². The second-order valence-corrected chi connectivity index (χ2v) is 12.5. The highest BCUT2D eigenvalue weighted by Gasteiger charge is 2.53. The number of aliphatic carboxylic acids is 1. The number of halogens is 5. The first-order valence-electron chi connectivity index (χ1n) is 15.7. The molecule has 2 aromatic rings. The number of carboxylic acid groups (broad SMARTS) is 1. The molecule has 3 N–H and O–H groups in total. The fraction of sp³-hybridized carbons (Fsp3) is 0.545. The average molecular weight is 685 g/mol. The Morgan fingerprint density at radius 2 is 1.60 bits per heavy atom. The number of urea groups is 1. The van der Waals surface area contributed by atoms with Crippen LogP contribution in [0.4, 0.5) is 32.4 Å². The summed E-state index contributed by atoms with van der Waals surface area (Å²) in [6.07, 6.45) is 0.0130. The number of hydrogen-bond acceptors (Lipinski definition) is 6. The van der Waals surface area contributed by atoms with Gasteiger partial charge < -0.3 is 30.1 Å². The molecule has 2 aliphatic heterocycles. The molecule has 2 heterocycles. The van der Waals surface area contributed by atoms with Crippen molar-refractivity contribution < 1.29 is 50.9 Å². The smallest absolute Gasteiger partial charge is 0.490 e. The number of benzene rings is 2. The average Bonchev–Trinajstić information content (AvgIpc) is 3.43. The van der Waals surface area contributed by atoms with Crippen molar-refractivity contribution in [3.05, 3.63) is 53.6 Å². The fourth-order valence-corrected chi connectivity index (χ4v) is 6.89. The van der Waals surface area contributed by atoms with Gasteiger partial charge in [0.25, 0.3) is 0 Å². The van der Waals surface area contributed by atoms with E-state index in [0.29, 0.717) is 43.3 Å². The zero-order valence-corrected chi connectivity index (χ0v) is 27.0. The van der Waals surface area contributed by atoms with Crippen LogP contribution in [0.15, 0.2) is 36.4 Å². The molecular formula is C33H41F5N4O6. The summed E-state index contributed by atoms with van der Waals surface area (Å²) < 4.78 is 69.8. The molecule has 3 amide bonds. The molecule has 264 valence electrons. The highest BCUT2D eigenvalue weighted by molar-refractivity contribution is 5.89. The van der Waals surface area contributed by atoms with Crippen LogP contribution in [0.5, 0.6) is 11.5 Å². The summed E-state index contributed by atoms with van der Waals surface area (Å²) in [6, 6.07) is 8.47. The van der Waals surface area contributed by atoms with Gasteiger partial charge in [0.05, 0.1) is 20.8 Å². The third-order valence-electron chi connectivity index (χ3n) is 9.53. The van der Waals surface area contributed by atoms with Crippen molar-refractivity contribution in [3.8, 4) is 11.5 Å². The number of alkyl halides is 3. The normalized spacial score (nSPS) is 23.0. The lowest BCUT2D eigenvalue weighted by atomic mass is 9.65. The summed E-state index contributed by atoms with van der Waals surface area (Å²) >= 11 is 0. The number of ether oxygens (including phenoxy) is 2. The van der Waals surface area contributed by atoms with Crippen LogP contribution < -0.4 is 20.1 Å². The molecule has 0 spiro atoms. The lowest BCUT2D eigenvalue weighted by Gasteiger charge is -2.45. The van der Waals surface area contributed by atoms with Crippen LogP contribution in [0.1, 0.15) is 51.0 Å². The summed E-state index contributed by atoms with van der Waals surface area (Å²) in [4.78, 5) is 39.7. The topological polar surface area (TPSA) is 120 Å². The van der Waals surface area contributed by atoms with Gasteiger partial charge in [0.15, 0.2) is 23.1 Å². The third-order valence-corrected chi connectivity index (χ3v) is 9.53. The largest absolute Gasteiger partial charge is 0.493 e. The highest BCUT2D eigenvalue weighted by Crippen LogP contribution is 2.50. The Morgan fingerprint density at radius 1 is 0.938 bits per heavy atom. The van der Waals surface area contributed by atoms with Crippen LogP contribution in [0, 0.1) is 17.6 Å². The van der Waals surface area contributed by atoms with Crippen molar-refractivity contribution in [1.29, 1.82) is 0 Å². The van der Waals surface area contributed by atoms with Gasteiger partial charge in [0, 0.05) is 35.8 Å². The number of fused-ring (bicyclic) bond motifs is 1. The molecule has 2 aromatic carbocycles. The van der Waals surface area contributed by atoms with Gasteiger partial charge in [-0.15, -0.1) is 0 Å². The minimum Gasteiger partial charge on any atom is -0.493 e. The number of nitrogens with one attached hydrogen (secondary N) is 2. The zero-order valence-electron chi connectivity index (χ0n) is 27.0. The number of likely N-dealkylation sites (tertiary alicyclic amines) is 2. The summed E-state index contributed by atoms with van der Waals surface area (Å²) in [6.45, 7) is 5.17. The molecule has 0 radical (unpaired) electrons. The first-order valence-corrected chi connectivity index (χ1v) is 15.7. The fourth-order valence-electron chi connectivity index (χ4n) is 6.89. The molecule has 1 aliphatic carbocycles. The Balaban J connectivity index is 0.000000671. The minimum absolute atomic E-state index is 0.112. The van der Waals surface area contributed by atoms with E-state index in [2.05, 4.69) is 28.5 Å². The Bertz CT molecular complexity index is 1470. The van der Waals surface area contributed by atoms with E-state index < -0.39 is 29.8 Å². The predicted octanol–water partition coefficient (Wildman–Crippen LogP) is 5.56. The van der Waals surface area contributed by atoms with E-state index in [4.69, 9.17) is 19.4 Å².